The quantitative estimate of drug-likeness (QED) is 0.476. The molecule has 1 fully saturated rings. The van der Waals surface area contributed by atoms with Crippen LogP contribution in [0.25, 0.3) is 0 Å². The largest absolute Gasteiger partial charge is 0.364 e. The van der Waals surface area contributed by atoms with Crippen molar-refractivity contribution in [1.29, 1.82) is 0 Å². The van der Waals surface area contributed by atoms with Crippen molar-refractivity contribution >= 4 is 23.1 Å². The Bertz CT molecular complexity index is 1160. The highest BCUT2D eigenvalue weighted by atomic mass is 16.6. The molecule has 0 bridgehead atoms. The Labute approximate surface area is 191 Å². The minimum Gasteiger partial charge on any atom is -0.364 e. The van der Waals surface area contributed by atoms with E-state index in [1.165, 1.54) is 0 Å². The highest BCUT2D eigenvalue weighted by molar-refractivity contribution is 5.82. The monoisotopic (exact) mass is 444 g/mol. The van der Waals surface area contributed by atoms with Gasteiger partial charge in [0.15, 0.2) is 0 Å². The lowest BCUT2D eigenvalue weighted by molar-refractivity contribution is -0.384. The second-order valence-corrected chi connectivity index (χ2v) is 8.35. The molecule has 3 aromatic rings. The number of carbonyl (C=O) groups is 1. The van der Waals surface area contributed by atoms with Crippen LogP contribution in [0, 0.1) is 16.0 Å². The van der Waals surface area contributed by atoms with E-state index >= 15 is 0 Å². The van der Waals surface area contributed by atoms with Gasteiger partial charge in [-0.3, -0.25) is 19.9 Å². The average Bonchev–Trinajstić information content (AvgIpc) is 2.87. The number of amides is 1. The molecule has 2 atom stereocenters. The maximum atomic E-state index is 13.4. The second-order valence-electron chi connectivity index (χ2n) is 8.35. The van der Waals surface area contributed by atoms with E-state index in [0.29, 0.717) is 26.1 Å². The Kier molecular flexibility index (Phi) is 5.60. The molecule has 0 saturated carbocycles. The van der Waals surface area contributed by atoms with Crippen LogP contribution in [0.3, 0.4) is 0 Å². The van der Waals surface area contributed by atoms with E-state index in [1.54, 1.807) is 30.7 Å². The highest BCUT2D eigenvalue weighted by Gasteiger charge is 2.42. The number of hydrogen-bond donors (Lipinski definition) is 1. The van der Waals surface area contributed by atoms with Crippen molar-refractivity contribution in [3.8, 4) is 0 Å². The SMILES string of the molecule is O=C(NCc1ccccc1)C1Cc2cc([N+](=O)[O-])ccc2N2CCN(c3cnccn3)CC12. The number of anilines is 2. The van der Waals surface area contributed by atoms with Crippen molar-refractivity contribution in [3.05, 3.63) is 88.4 Å². The molecule has 0 spiro atoms. The molecule has 1 N–H and O–H groups in total. The maximum absolute atomic E-state index is 13.4. The van der Waals surface area contributed by atoms with Gasteiger partial charge in [-0.1, -0.05) is 30.3 Å². The van der Waals surface area contributed by atoms with Gasteiger partial charge in [-0.15, -0.1) is 0 Å². The molecule has 1 aromatic heterocycles. The normalized spacial score (nSPS) is 19.4. The zero-order chi connectivity index (χ0) is 22.8. The van der Waals surface area contributed by atoms with E-state index in [4.69, 9.17) is 0 Å². The molecular formula is C24H24N6O3. The van der Waals surface area contributed by atoms with Gasteiger partial charge in [0.2, 0.25) is 5.91 Å². The molecule has 2 unspecified atom stereocenters. The first-order valence-corrected chi connectivity index (χ1v) is 11.0. The Balaban J connectivity index is 1.43. The Hall–Kier alpha value is -4.01. The Morgan fingerprint density at radius 3 is 2.76 bits per heavy atom. The van der Waals surface area contributed by atoms with Crippen molar-refractivity contribution in [2.24, 2.45) is 5.92 Å². The molecule has 2 aliphatic heterocycles. The molecule has 3 heterocycles. The maximum Gasteiger partial charge on any atom is 0.269 e. The van der Waals surface area contributed by atoms with Gasteiger partial charge in [0, 0.05) is 56.4 Å². The van der Waals surface area contributed by atoms with E-state index in [1.807, 2.05) is 36.4 Å². The fourth-order valence-corrected chi connectivity index (χ4v) is 4.80. The summed E-state index contributed by atoms with van der Waals surface area (Å²) in [6.07, 6.45) is 5.50. The summed E-state index contributed by atoms with van der Waals surface area (Å²) < 4.78 is 0. The Morgan fingerprint density at radius 2 is 2.00 bits per heavy atom. The molecule has 2 aromatic carbocycles. The van der Waals surface area contributed by atoms with Gasteiger partial charge in [0.1, 0.15) is 5.82 Å². The lowest BCUT2D eigenvalue weighted by Gasteiger charge is -2.49. The van der Waals surface area contributed by atoms with E-state index in [-0.39, 0.29) is 28.5 Å². The number of carbonyl (C=O) groups excluding carboxylic acids is 1. The zero-order valence-electron chi connectivity index (χ0n) is 18.0. The molecule has 168 valence electrons. The molecule has 9 heteroatoms. The number of nitro groups is 1. The van der Waals surface area contributed by atoms with Gasteiger partial charge in [0.05, 0.1) is 23.1 Å². The number of nitrogens with one attached hydrogen (secondary N) is 1. The third kappa shape index (κ3) is 4.21. The van der Waals surface area contributed by atoms with E-state index in [0.717, 1.165) is 29.2 Å². The number of aromatic nitrogens is 2. The van der Waals surface area contributed by atoms with Crippen LogP contribution < -0.4 is 15.1 Å². The van der Waals surface area contributed by atoms with Crippen LogP contribution in [-0.4, -0.2) is 46.5 Å². The van der Waals surface area contributed by atoms with Crippen molar-refractivity contribution in [2.45, 2.75) is 19.0 Å². The summed E-state index contributed by atoms with van der Waals surface area (Å²) in [6.45, 7) is 2.48. The van der Waals surface area contributed by atoms with Gasteiger partial charge in [-0.2, -0.15) is 0 Å². The van der Waals surface area contributed by atoms with Crippen molar-refractivity contribution in [2.75, 3.05) is 29.4 Å². The number of hydrogen-bond acceptors (Lipinski definition) is 7. The van der Waals surface area contributed by atoms with E-state index in [2.05, 4.69) is 25.1 Å². The van der Waals surface area contributed by atoms with Crippen LogP contribution in [0.1, 0.15) is 11.1 Å². The van der Waals surface area contributed by atoms with Crippen molar-refractivity contribution in [3.63, 3.8) is 0 Å². The Morgan fingerprint density at radius 1 is 1.15 bits per heavy atom. The number of nitrogens with zero attached hydrogens (tertiary/aromatic N) is 5. The summed E-state index contributed by atoms with van der Waals surface area (Å²) in [7, 11) is 0. The highest BCUT2D eigenvalue weighted by Crippen LogP contribution is 2.38. The van der Waals surface area contributed by atoms with Crippen molar-refractivity contribution < 1.29 is 9.72 Å². The topological polar surface area (TPSA) is 104 Å². The van der Waals surface area contributed by atoms with Crippen LogP contribution in [0.5, 0.6) is 0 Å². The molecule has 5 rings (SSSR count). The third-order valence-corrected chi connectivity index (χ3v) is 6.43. The fraction of sp³-hybridized carbons (Fsp3) is 0.292. The van der Waals surface area contributed by atoms with E-state index < -0.39 is 0 Å². The third-order valence-electron chi connectivity index (χ3n) is 6.43. The standard InChI is InChI=1S/C24H24N6O3/c31-24(27-14-17-4-2-1-3-5-17)20-13-18-12-19(30(32)33)6-7-21(18)29-11-10-28(16-22(20)29)23-15-25-8-9-26-23/h1-9,12,15,20,22H,10-11,13-14,16H2,(H,27,31). The first kappa shape index (κ1) is 20.9. The van der Waals surface area contributed by atoms with Crippen LogP contribution in [-0.2, 0) is 17.8 Å². The number of non-ortho nitro benzene ring substituents is 1. The smallest absolute Gasteiger partial charge is 0.269 e. The van der Waals surface area contributed by atoms with Crippen molar-refractivity contribution in [1.82, 2.24) is 15.3 Å². The minimum atomic E-state index is -0.386. The molecule has 9 nitrogen and oxygen atoms in total. The number of benzene rings is 2. The number of rotatable bonds is 5. The lowest BCUT2D eigenvalue weighted by atomic mass is 9.83. The summed E-state index contributed by atoms with van der Waals surface area (Å²) in [4.78, 5) is 37.3. The fourth-order valence-electron chi connectivity index (χ4n) is 4.80. The van der Waals surface area contributed by atoms with Crippen LogP contribution in [0.4, 0.5) is 17.2 Å². The molecule has 33 heavy (non-hydrogen) atoms. The predicted molar refractivity (Wildman–Crippen MR) is 124 cm³/mol. The molecule has 0 radical (unpaired) electrons. The number of fused-ring (bicyclic) bond motifs is 3. The van der Waals surface area contributed by atoms with E-state index in [9.17, 15) is 14.9 Å². The summed E-state index contributed by atoms with van der Waals surface area (Å²) in [5, 5.41) is 14.4. The van der Waals surface area contributed by atoms with Gasteiger partial charge < -0.3 is 15.1 Å². The molecule has 1 amide bonds. The van der Waals surface area contributed by atoms with Crippen LogP contribution in [0.2, 0.25) is 0 Å². The zero-order valence-corrected chi connectivity index (χ0v) is 18.0. The van der Waals surface area contributed by atoms with Gasteiger partial charge in [-0.05, 0) is 23.6 Å². The second kappa shape index (κ2) is 8.85. The average molecular weight is 444 g/mol. The molecule has 1 saturated heterocycles. The lowest BCUT2D eigenvalue weighted by Crippen LogP contribution is -2.61. The van der Waals surface area contributed by atoms with Gasteiger partial charge >= 0.3 is 0 Å². The van der Waals surface area contributed by atoms with Gasteiger partial charge in [0.25, 0.3) is 5.69 Å². The first-order valence-electron chi connectivity index (χ1n) is 11.0. The minimum absolute atomic E-state index is 0.0491. The molecular weight excluding hydrogens is 420 g/mol. The summed E-state index contributed by atoms with van der Waals surface area (Å²) in [5.41, 5.74) is 2.89. The number of piperazine rings is 1. The first-order chi connectivity index (χ1) is 16.1. The molecule has 2 aliphatic rings. The molecule has 0 aliphatic carbocycles. The van der Waals surface area contributed by atoms with Crippen LogP contribution in [0.15, 0.2) is 67.1 Å². The summed E-state index contributed by atoms with van der Waals surface area (Å²) in [5.74, 6) is 0.393. The van der Waals surface area contributed by atoms with Gasteiger partial charge in [-0.25, -0.2) is 4.98 Å². The van der Waals surface area contributed by atoms with Crippen LogP contribution >= 0.6 is 0 Å². The summed E-state index contributed by atoms with van der Waals surface area (Å²) >= 11 is 0. The number of nitro benzene ring substituents is 1. The summed E-state index contributed by atoms with van der Waals surface area (Å²) in [6, 6.07) is 14.7. The predicted octanol–water partition coefficient (Wildman–Crippen LogP) is 2.57.